The zero-order chi connectivity index (χ0) is 18.0. The van der Waals surface area contributed by atoms with E-state index in [-0.39, 0.29) is 18.9 Å². The summed E-state index contributed by atoms with van der Waals surface area (Å²) in [6, 6.07) is 9.59. The van der Waals surface area contributed by atoms with Crippen LogP contribution in [0, 0.1) is 0 Å². The normalized spacial score (nSPS) is 12.2. The Labute approximate surface area is 133 Å². The van der Waals surface area contributed by atoms with Gasteiger partial charge < -0.3 is 0 Å². The monoisotopic (exact) mass is 346 g/mol. The number of rotatable bonds is 4. The lowest BCUT2D eigenvalue weighted by Gasteiger charge is -2.13. The fraction of sp³-hybridized carbons (Fsp3) is 0.235. The van der Waals surface area contributed by atoms with E-state index in [1.807, 2.05) is 0 Å². The van der Waals surface area contributed by atoms with Gasteiger partial charge >= 0.3 is 12.4 Å². The first-order valence-electron chi connectivity index (χ1n) is 6.94. The van der Waals surface area contributed by atoms with E-state index in [2.05, 4.69) is 0 Å². The molecule has 0 bridgehead atoms. The van der Waals surface area contributed by atoms with Crippen LogP contribution in [0.15, 0.2) is 48.5 Å². The zero-order valence-electron chi connectivity index (χ0n) is 12.2. The average molecular weight is 346 g/mol. The van der Waals surface area contributed by atoms with Gasteiger partial charge in [0.15, 0.2) is 5.78 Å². The molecule has 2 aromatic rings. The molecule has 7 heteroatoms. The van der Waals surface area contributed by atoms with E-state index >= 15 is 0 Å². The van der Waals surface area contributed by atoms with Gasteiger partial charge in [-0.3, -0.25) is 4.79 Å². The number of carbonyl (C=O) groups is 1. The SMILES string of the molecule is O=C(CCc1ccccc1)c1cc(C(F)(F)F)cc(C(F)(F)F)c1. The van der Waals surface area contributed by atoms with Crippen molar-refractivity contribution in [1.29, 1.82) is 0 Å². The number of alkyl halides is 6. The van der Waals surface area contributed by atoms with E-state index in [1.54, 1.807) is 30.3 Å². The summed E-state index contributed by atoms with van der Waals surface area (Å²) in [5.74, 6) is -0.768. The molecule has 0 N–H and O–H groups in total. The van der Waals surface area contributed by atoms with Crippen molar-refractivity contribution in [2.75, 3.05) is 0 Å². The Balaban J connectivity index is 2.29. The number of Topliss-reactive ketones (excluding diaryl/α,β-unsaturated/α-hetero) is 1. The first kappa shape index (κ1) is 18.0. The highest BCUT2D eigenvalue weighted by Gasteiger charge is 2.37. The quantitative estimate of drug-likeness (QED) is 0.525. The molecule has 24 heavy (non-hydrogen) atoms. The summed E-state index contributed by atoms with van der Waals surface area (Å²) >= 11 is 0. The van der Waals surface area contributed by atoms with Crippen LogP contribution in [0.25, 0.3) is 0 Å². The number of benzene rings is 2. The van der Waals surface area contributed by atoms with Gasteiger partial charge in [-0.15, -0.1) is 0 Å². The third-order valence-corrected chi connectivity index (χ3v) is 3.39. The standard InChI is InChI=1S/C17H12F6O/c18-16(19,20)13-8-12(9-14(10-13)17(21,22)23)15(24)7-6-11-4-2-1-3-5-11/h1-5,8-10H,6-7H2. The van der Waals surface area contributed by atoms with Crippen molar-refractivity contribution >= 4 is 5.78 Å². The number of halogens is 6. The van der Waals surface area contributed by atoms with Crippen LogP contribution in [-0.2, 0) is 18.8 Å². The molecule has 0 aliphatic rings. The fourth-order valence-corrected chi connectivity index (χ4v) is 2.16. The predicted molar refractivity (Wildman–Crippen MR) is 75.5 cm³/mol. The highest BCUT2D eigenvalue weighted by Crippen LogP contribution is 2.36. The predicted octanol–water partition coefficient (Wildman–Crippen LogP) is 5.54. The Morgan fingerprint density at radius 2 is 1.29 bits per heavy atom. The van der Waals surface area contributed by atoms with Gasteiger partial charge in [-0.05, 0) is 30.2 Å². The first-order chi connectivity index (χ1) is 11.1. The number of carbonyl (C=O) groups excluding carboxylic acids is 1. The maximum Gasteiger partial charge on any atom is 0.416 e. The molecule has 0 spiro atoms. The molecule has 0 aliphatic heterocycles. The number of aryl methyl sites for hydroxylation is 1. The molecule has 0 heterocycles. The Kier molecular flexibility index (Phi) is 5.01. The molecule has 0 aliphatic carbocycles. The smallest absolute Gasteiger partial charge is 0.294 e. The third-order valence-electron chi connectivity index (χ3n) is 3.39. The van der Waals surface area contributed by atoms with Gasteiger partial charge in [0.05, 0.1) is 11.1 Å². The molecular formula is C17H12F6O. The highest BCUT2D eigenvalue weighted by atomic mass is 19.4. The minimum absolute atomic E-state index is 0.00791. The van der Waals surface area contributed by atoms with Gasteiger partial charge in [0.25, 0.3) is 0 Å². The molecule has 0 saturated heterocycles. The average Bonchev–Trinajstić information content (AvgIpc) is 2.51. The molecule has 0 aromatic heterocycles. The summed E-state index contributed by atoms with van der Waals surface area (Å²) in [6.45, 7) is 0. The summed E-state index contributed by atoms with van der Waals surface area (Å²) in [6.07, 6.45) is -9.87. The van der Waals surface area contributed by atoms with Gasteiger partial charge in [0, 0.05) is 12.0 Å². The third kappa shape index (κ3) is 4.59. The summed E-state index contributed by atoms with van der Waals surface area (Å²) in [4.78, 5) is 12.0. The molecule has 0 saturated carbocycles. The van der Waals surface area contributed by atoms with Crippen molar-refractivity contribution in [3.8, 4) is 0 Å². The van der Waals surface area contributed by atoms with E-state index in [9.17, 15) is 31.1 Å². The molecule has 0 amide bonds. The Bertz CT molecular complexity index is 684. The lowest BCUT2D eigenvalue weighted by molar-refractivity contribution is -0.143. The lowest BCUT2D eigenvalue weighted by Crippen LogP contribution is -2.13. The lowest BCUT2D eigenvalue weighted by atomic mass is 9.98. The van der Waals surface area contributed by atoms with Crippen LogP contribution in [0.3, 0.4) is 0 Å². The number of hydrogen-bond donors (Lipinski definition) is 0. The van der Waals surface area contributed by atoms with Crippen molar-refractivity contribution in [1.82, 2.24) is 0 Å². The summed E-state index contributed by atoms with van der Waals surface area (Å²) in [7, 11) is 0. The van der Waals surface area contributed by atoms with E-state index in [4.69, 9.17) is 0 Å². The number of ketones is 1. The highest BCUT2D eigenvalue weighted by molar-refractivity contribution is 5.96. The van der Waals surface area contributed by atoms with Crippen LogP contribution >= 0.6 is 0 Å². The van der Waals surface area contributed by atoms with Gasteiger partial charge in [-0.25, -0.2) is 0 Å². The van der Waals surface area contributed by atoms with Crippen molar-refractivity contribution in [2.24, 2.45) is 0 Å². The van der Waals surface area contributed by atoms with Crippen molar-refractivity contribution in [3.05, 3.63) is 70.8 Å². The fourth-order valence-electron chi connectivity index (χ4n) is 2.16. The van der Waals surface area contributed by atoms with Gasteiger partial charge in [0.1, 0.15) is 0 Å². The van der Waals surface area contributed by atoms with E-state index in [0.717, 1.165) is 5.56 Å². The van der Waals surface area contributed by atoms with Crippen LogP contribution in [0.1, 0.15) is 33.5 Å². The van der Waals surface area contributed by atoms with Crippen LogP contribution in [0.4, 0.5) is 26.3 Å². The molecule has 0 fully saturated rings. The van der Waals surface area contributed by atoms with E-state index in [0.29, 0.717) is 12.1 Å². The topological polar surface area (TPSA) is 17.1 Å². The van der Waals surface area contributed by atoms with Crippen molar-refractivity contribution in [3.63, 3.8) is 0 Å². The Morgan fingerprint density at radius 3 is 1.75 bits per heavy atom. The van der Waals surface area contributed by atoms with Crippen LogP contribution < -0.4 is 0 Å². The van der Waals surface area contributed by atoms with E-state index in [1.165, 1.54) is 0 Å². The second-order valence-corrected chi connectivity index (χ2v) is 5.20. The summed E-state index contributed by atoms with van der Waals surface area (Å²) in [5, 5.41) is 0. The Morgan fingerprint density at radius 1 is 0.792 bits per heavy atom. The van der Waals surface area contributed by atoms with Gasteiger partial charge in [-0.2, -0.15) is 26.3 Å². The van der Waals surface area contributed by atoms with E-state index < -0.39 is 34.8 Å². The largest absolute Gasteiger partial charge is 0.416 e. The zero-order valence-corrected chi connectivity index (χ0v) is 12.2. The number of hydrogen-bond acceptors (Lipinski definition) is 1. The van der Waals surface area contributed by atoms with Crippen LogP contribution in [0.5, 0.6) is 0 Å². The van der Waals surface area contributed by atoms with Gasteiger partial charge in [0.2, 0.25) is 0 Å². The molecule has 0 radical (unpaired) electrons. The molecule has 0 atom stereocenters. The van der Waals surface area contributed by atoms with Crippen molar-refractivity contribution in [2.45, 2.75) is 25.2 Å². The minimum Gasteiger partial charge on any atom is -0.294 e. The summed E-state index contributed by atoms with van der Waals surface area (Å²) < 4.78 is 76.6. The van der Waals surface area contributed by atoms with Crippen LogP contribution in [0.2, 0.25) is 0 Å². The summed E-state index contributed by atoms with van der Waals surface area (Å²) in [5.41, 5.74) is -2.79. The molecular weight excluding hydrogens is 334 g/mol. The van der Waals surface area contributed by atoms with Crippen LogP contribution in [-0.4, -0.2) is 5.78 Å². The first-order valence-corrected chi connectivity index (χ1v) is 6.94. The second kappa shape index (κ2) is 6.67. The maximum atomic E-state index is 12.8. The Hall–Kier alpha value is -2.31. The molecule has 1 nitrogen and oxygen atoms in total. The molecule has 2 aromatic carbocycles. The molecule has 0 unspecified atom stereocenters. The molecule has 2 rings (SSSR count). The maximum absolute atomic E-state index is 12.8. The second-order valence-electron chi connectivity index (χ2n) is 5.20. The molecule has 128 valence electrons. The van der Waals surface area contributed by atoms with Gasteiger partial charge in [-0.1, -0.05) is 30.3 Å². The minimum atomic E-state index is -4.96. The van der Waals surface area contributed by atoms with Crippen molar-refractivity contribution < 1.29 is 31.1 Å².